The summed E-state index contributed by atoms with van der Waals surface area (Å²) in [5.74, 6) is -0.374. The Hall–Kier alpha value is -2.32. The number of ether oxygens (including phenoxy) is 1. The SMILES string of the molecule is CCN(/C=C(/C#N)C(=O)NCCOC)Cc1ccccc1. The van der Waals surface area contributed by atoms with Crippen LogP contribution in [0.1, 0.15) is 12.5 Å². The van der Waals surface area contributed by atoms with Crippen LogP contribution in [0.5, 0.6) is 0 Å². The predicted octanol–water partition coefficient (Wildman–Crippen LogP) is 1.68. The van der Waals surface area contributed by atoms with Crippen LogP contribution in [0.3, 0.4) is 0 Å². The summed E-state index contributed by atoms with van der Waals surface area (Å²) in [6, 6.07) is 11.9. The highest BCUT2D eigenvalue weighted by molar-refractivity contribution is 5.97. The third-order valence-corrected chi connectivity index (χ3v) is 2.90. The number of nitrogens with zero attached hydrogens (tertiary/aromatic N) is 2. The molecule has 1 N–H and O–H groups in total. The Morgan fingerprint density at radius 3 is 2.71 bits per heavy atom. The molecule has 0 spiro atoms. The van der Waals surface area contributed by atoms with Crippen molar-refractivity contribution in [2.24, 2.45) is 0 Å². The second-order valence-electron chi connectivity index (χ2n) is 4.45. The van der Waals surface area contributed by atoms with E-state index in [1.54, 1.807) is 13.3 Å². The Balaban J connectivity index is 2.69. The Morgan fingerprint density at radius 1 is 1.43 bits per heavy atom. The van der Waals surface area contributed by atoms with Crippen LogP contribution in [-0.2, 0) is 16.1 Å². The molecule has 5 heteroatoms. The van der Waals surface area contributed by atoms with Crippen molar-refractivity contribution in [3.8, 4) is 6.07 Å². The molecular formula is C16H21N3O2. The van der Waals surface area contributed by atoms with Crippen molar-refractivity contribution < 1.29 is 9.53 Å². The van der Waals surface area contributed by atoms with Gasteiger partial charge in [-0.25, -0.2) is 0 Å². The minimum absolute atomic E-state index is 0.101. The monoisotopic (exact) mass is 287 g/mol. The molecule has 0 radical (unpaired) electrons. The first-order valence-corrected chi connectivity index (χ1v) is 6.88. The third kappa shape index (κ3) is 6.11. The van der Waals surface area contributed by atoms with Gasteiger partial charge in [-0.05, 0) is 12.5 Å². The van der Waals surface area contributed by atoms with Gasteiger partial charge in [0.05, 0.1) is 6.61 Å². The van der Waals surface area contributed by atoms with Gasteiger partial charge < -0.3 is 15.0 Å². The molecule has 0 atom stereocenters. The first-order chi connectivity index (χ1) is 10.2. The fourth-order valence-electron chi connectivity index (χ4n) is 1.75. The highest BCUT2D eigenvalue weighted by Crippen LogP contribution is 2.06. The van der Waals surface area contributed by atoms with Crippen LogP contribution in [0.15, 0.2) is 42.1 Å². The number of nitrogens with one attached hydrogen (secondary N) is 1. The standard InChI is InChI=1S/C16H21N3O2/c1-3-19(12-14-7-5-4-6-8-14)13-15(11-17)16(20)18-9-10-21-2/h4-8,13H,3,9-10,12H2,1-2H3,(H,18,20)/b15-13-. The lowest BCUT2D eigenvalue weighted by atomic mass is 10.2. The molecule has 1 rings (SSSR count). The third-order valence-electron chi connectivity index (χ3n) is 2.90. The van der Waals surface area contributed by atoms with E-state index in [4.69, 9.17) is 10.00 Å². The van der Waals surface area contributed by atoms with E-state index >= 15 is 0 Å². The fourth-order valence-corrected chi connectivity index (χ4v) is 1.75. The maximum absolute atomic E-state index is 11.9. The van der Waals surface area contributed by atoms with Gasteiger partial charge in [-0.15, -0.1) is 0 Å². The van der Waals surface area contributed by atoms with Crippen LogP contribution in [-0.4, -0.2) is 37.6 Å². The minimum atomic E-state index is -0.374. The Labute approximate surface area is 125 Å². The lowest BCUT2D eigenvalue weighted by molar-refractivity contribution is -0.117. The van der Waals surface area contributed by atoms with Crippen molar-refractivity contribution >= 4 is 5.91 Å². The van der Waals surface area contributed by atoms with E-state index in [1.807, 2.05) is 48.2 Å². The molecular weight excluding hydrogens is 266 g/mol. The number of rotatable bonds is 8. The molecule has 0 bridgehead atoms. The van der Waals surface area contributed by atoms with E-state index in [2.05, 4.69) is 5.32 Å². The molecule has 0 saturated heterocycles. The summed E-state index contributed by atoms with van der Waals surface area (Å²) in [6.07, 6.45) is 1.61. The van der Waals surface area contributed by atoms with Crippen molar-refractivity contribution in [3.63, 3.8) is 0 Å². The number of hydrogen-bond acceptors (Lipinski definition) is 4. The molecule has 0 heterocycles. The van der Waals surface area contributed by atoms with E-state index in [0.717, 1.165) is 5.56 Å². The number of carbonyl (C=O) groups excluding carboxylic acids is 1. The molecule has 1 aromatic rings. The van der Waals surface area contributed by atoms with Gasteiger partial charge >= 0.3 is 0 Å². The van der Waals surface area contributed by atoms with Crippen molar-refractivity contribution in [3.05, 3.63) is 47.7 Å². The zero-order valence-corrected chi connectivity index (χ0v) is 12.5. The number of carbonyl (C=O) groups is 1. The van der Waals surface area contributed by atoms with Crippen molar-refractivity contribution in [1.82, 2.24) is 10.2 Å². The van der Waals surface area contributed by atoms with Crippen LogP contribution in [0.2, 0.25) is 0 Å². The molecule has 0 aliphatic heterocycles. The van der Waals surface area contributed by atoms with Gasteiger partial charge in [-0.1, -0.05) is 30.3 Å². The molecule has 0 unspecified atom stereocenters. The van der Waals surface area contributed by atoms with Crippen molar-refractivity contribution in [1.29, 1.82) is 5.26 Å². The van der Waals surface area contributed by atoms with E-state index < -0.39 is 0 Å². The summed E-state index contributed by atoms with van der Waals surface area (Å²) in [5, 5.41) is 11.8. The maximum Gasteiger partial charge on any atom is 0.263 e. The second-order valence-corrected chi connectivity index (χ2v) is 4.45. The Kier molecular flexibility index (Phi) is 7.62. The Bertz CT molecular complexity index is 506. The fraction of sp³-hybridized carbons (Fsp3) is 0.375. The van der Waals surface area contributed by atoms with Gasteiger partial charge in [0.25, 0.3) is 5.91 Å². The molecule has 5 nitrogen and oxygen atoms in total. The van der Waals surface area contributed by atoms with Gasteiger partial charge in [0, 0.05) is 32.9 Å². The number of benzene rings is 1. The molecule has 0 aromatic heterocycles. The summed E-state index contributed by atoms with van der Waals surface area (Å²) in [7, 11) is 1.56. The van der Waals surface area contributed by atoms with E-state index in [0.29, 0.717) is 26.2 Å². The van der Waals surface area contributed by atoms with Crippen LogP contribution in [0.25, 0.3) is 0 Å². The smallest absolute Gasteiger partial charge is 0.263 e. The number of hydrogen-bond donors (Lipinski definition) is 1. The van der Waals surface area contributed by atoms with Gasteiger partial charge in [-0.2, -0.15) is 5.26 Å². The number of nitriles is 1. The molecule has 1 aromatic carbocycles. The van der Waals surface area contributed by atoms with E-state index in [-0.39, 0.29) is 11.5 Å². The van der Waals surface area contributed by atoms with Gasteiger partial charge in [0.15, 0.2) is 0 Å². The maximum atomic E-state index is 11.9. The molecule has 0 aliphatic rings. The summed E-state index contributed by atoms with van der Waals surface area (Å²) >= 11 is 0. The largest absolute Gasteiger partial charge is 0.383 e. The van der Waals surface area contributed by atoms with Gasteiger partial charge in [0.1, 0.15) is 11.6 Å². The van der Waals surface area contributed by atoms with Crippen molar-refractivity contribution in [2.45, 2.75) is 13.5 Å². The average molecular weight is 287 g/mol. The highest BCUT2D eigenvalue weighted by Gasteiger charge is 2.10. The second kappa shape index (κ2) is 9.56. The van der Waals surface area contributed by atoms with Crippen molar-refractivity contribution in [2.75, 3.05) is 26.8 Å². The molecule has 0 aliphatic carbocycles. The summed E-state index contributed by atoms with van der Waals surface area (Å²) in [6.45, 7) is 4.17. The minimum Gasteiger partial charge on any atom is -0.383 e. The van der Waals surface area contributed by atoms with Crippen LogP contribution >= 0.6 is 0 Å². The summed E-state index contributed by atoms with van der Waals surface area (Å²) in [4.78, 5) is 13.8. The normalized spacial score (nSPS) is 10.8. The lowest BCUT2D eigenvalue weighted by Gasteiger charge is -2.18. The average Bonchev–Trinajstić information content (AvgIpc) is 2.52. The summed E-state index contributed by atoms with van der Waals surface area (Å²) in [5.41, 5.74) is 1.23. The van der Waals surface area contributed by atoms with Gasteiger partial charge in [-0.3, -0.25) is 4.79 Å². The lowest BCUT2D eigenvalue weighted by Crippen LogP contribution is -2.29. The molecule has 0 saturated carbocycles. The number of methoxy groups -OCH3 is 1. The number of amides is 1. The zero-order chi connectivity index (χ0) is 15.5. The summed E-state index contributed by atoms with van der Waals surface area (Å²) < 4.78 is 4.86. The van der Waals surface area contributed by atoms with E-state index in [1.165, 1.54) is 0 Å². The quantitative estimate of drug-likeness (QED) is 0.449. The topological polar surface area (TPSA) is 65.4 Å². The molecule has 0 fully saturated rings. The van der Waals surface area contributed by atoms with Crippen LogP contribution in [0, 0.1) is 11.3 Å². The first kappa shape index (κ1) is 16.7. The molecule has 112 valence electrons. The first-order valence-electron chi connectivity index (χ1n) is 6.88. The van der Waals surface area contributed by atoms with Gasteiger partial charge in [0.2, 0.25) is 0 Å². The molecule has 1 amide bonds. The zero-order valence-electron chi connectivity index (χ0n) is 12.5. The van der Waals surface area contributed by atoms with Crippen LogP contribution < -0.4 is 5.32 Å². The molecule has 21 heavy (non-hydrogen) atoms. The van der Waals surface area contributed by atoms with Crippen LogP contribution in [0.4, 0.5) is 0 Å². The van der Waals surface area contributed by atoms with E-state index in [9.17, 15) is 4.79 Å². The Morgan fingerprint density at radius 2 is 2.14 bits per heavy atom. The predicted molar refractivity (Wildman–Crippen MR) is 81.1 cm³/mol. The highest BCUT2D eigenvalue weighted by atomic mass is 16.5.